The first-order chi connectivity index (χ1) is 17.9. The molecule has 3 heterocycles. The molecule has 1 aliphatic carbocycles. The van der Waals surface area contributed by atoms with Crippen molar-refractivity contribution in [3.05, 3.63) is 81.1 Å². The summed E-state index contributed by atoms with van der Waals surface area (Å²) in [7, 11) is 1.84. The van der Waals surface area contributed by atoms with Crippen LogP contribution in [0.2, 0.25) is 5.02 Å². The summed E-state index contributed by atoms with van der Waals surface area (Å²) in [5.41, 5.74) is 4.65. The minimum Gasteiger partial charge on any atom is -0.373 e. The molecule has 2 N–H and O–H groups in total. The molecule has 0 unspecified atom stereocenters. The van der Waals surface area contributed by atoms with E-state index in [1.807, 2.05) is 55.8 Å². The summed E-state index contributed by atoms with van der Waals surface area (Å²) in [6, 6.07) is 11.7. The number of aryl methyl sites for hydroxylation is 2. The van der Waals surface area contributed by atoms with Crippen molar-refractivity contribution in [2.75, 3.05) is 12.4 Å². The standard InChI is InChI=1S/C28H31ClN6O2/c1-17-12-22(15-32-26(17)30-3)35-25-7-5-4-6-24(25)34(28(35)37)16-19-8-10-21(11-9-19)33-27(36)23-13-20(29)14-31-18(23)2/h4-7,12-15,19,21H,8-11,16H2,1-3H3,(H,30,32)(H,33,36)/t19-,21-. The Bertz CT molecular complexity index is 1520. The highest BCUT2D eigenvalue weighted by molar-refractivity contribution is 6.30. The molecule has 1 fully saturated rings. The van der Waals surface area contributed by atoms with Crippen LogP contribution in [0.5, 0.6) is 0 Å². The van der Waals surface area contributed by atoms with Gasteiger partial charge in [-0.3, -0.25) is 18.9 Å². The zero-order chi connectivity index (χ0) is 26.1. The molecule has 192 valence electrons. The Morgan fingerprint density at radius 1 is 1.05 bits per heavy atom. The van der Waals surface area contributed by atoms with Crippen LogP contribution in [0.3, 0.4) is 0 Å². The van der Waals surface area contributed by atoms with Crippen LogP contribution in [0.1, 0.15) is 47.3 Å². The second-order valence-electron chi connectivity index (χ2n) is 9.80. The van der Waals surface area contributed by atoms with Gasteiger partial charge >= 0.3 is 5.69 Å². The van der Waals surface area contributed by atoms with Gasteiger partial charge in [0.15, 0.2) is 0 Å². The van der Waals surface area contributed by atoms with Crippen molar-refractivity contribution in [2.45, 2.75) is 52.1 Å². The average Bonchev–Trinajstić information content (AvgIpc) is 3.17. The number of anilines is 1. The van der Waals surface area contributed by atoms with E-state index in [4.69, 9.17) is 11.6 Å². The number of nitrogens with one attached hydrogen (secondary N) is 2. The van der Waals surface area contributed by atoms with Gasteiger partial charge in [-0.1, -0.05) is 23.7 Å². The van der Waals surface area contributed by atoms with Crippen LogP contribution >= 0.6 is 11.6 Å². The number of hydrogen-bond acceptors (Lipinski definition) is 5. The van der Waals surface area contributed by atoms with E-state index in [-0.39, 0.29) is 17.6 Å². The summed E-state index contributed by atoms with van der Waals surface area (Å²) < 4.78 is 3.64. The van der Waals surface area contributed by atoms with Gasteiger partial charge in [0.25, 0.3) is 5.91 Å². The molecule has 8 nitrogen and oxygen atoms in total. The van der Waals surface area contributed by atoms with E-state index in [9.17, 15) is 9.59 Å². The van der Waals surface area contributed by atoms with Crippen LogP contribution < -0.4 is 16.3 Å². The average molecular weight is 519 g/mol. The number of carbonyl (C=O) groups excluding carboxylic acids is 1. The lowest BCUT2D eigenvalue weighted by molar-refractivity contribution is 0.0919. The van der Waals surface area contributed by atoms with Gasteiger partial charge < -0.3 is 10.6 Å². The molecule has 1 aliphatic rings. The molecule has 0 radical (unpaired) electrons. The van der Waals surface area contributed by atoms with Crippen molar-refractivity contribution < 1.29 is 4.79 Å². The number of pyridine rings is 2. The Hall–Kier alpha value is -3.65. The number of para-hydroxylation sites is 2. The SMILES string of the molecule is CNc1ncc(-n2c(=O)n(C[C@H]3CC[C@H](NC(=O)c4cc(Cl)cnc4C)CC3)c3ccccc32)cc1C. The van der Waals surface area contributed by atoms with Crippen LogP contribution in [-0.4, -0.2) is 38.1 Å². The van der Waals surface area contributed by atoms with Gasteiger partial charge in [-0.05, 0) is 75.3 Å². The molecule has 3 aromatic heterocycles. The van der Waals surface area contributed by atoms with Gasteiger partial charge in [-0.15, -0.1) is 0 Å². The highest BCUT2D eigenvalue weighted by Gasteiger charge is 2.26. The van der Waals surface area contributed by atoms with Gasteiger partial charge in [0, 0.05) is 25.8 Å². The summed E-state index contributed by atoms with van der Waals surface area (Å²) in [4.78, 5) is 35.1. The maximum absolute atomic E-state index is 13.7. The lowest BCUT2D eigenvalue weighted by Crippen LogP contribution is -2.39. The molecule has 4 aromatic rings. The van der Waals surface area contributed by atoms with Crippen LogP contribution in [0, 0.1) is 19.8 Å². The Kier molecular flexibility index (Phi) is 7.02. The maximum Gasteiger partial charge on any atom is 0.333 e. The van der Waals surface area contributed by atoms with Crippen molar-refractivity contribution in [3.63, 3.8) is 0 Å². The van der Waals surface area contributed by atoms with Crippen molar-refractivity contribution in [1.29, 1.82) is 0 Å². The van der Waals surface area contributed by atoms with E-state index in [0.717, 1.165) is 53.8 Å². The largest absolute Gasteiger partial charge is 0.373 e. The number of carbonyl (C=O) groups is 1. The van der Waals surface area contributed by atoms with Crippen molar-refractivity contribution in [1.82, 2.24) is 24.4 Å². The first-order valence-corrected chi connectivity index (χ1v) is 13.0. The van der Waals surface area contributed by atoms with E-state index in [1.165, 1.54) is 0 Å². The van der Waals surface area contributed by atoms with Crippen LogP contribution in [0.4, 0.5) is 5.82 Å². The third kappa shape index (κ3) is 4.98. The number of benzene rings is 1. The number of hydrogen-bond donors (Lipinski definition) is 2. The van der Waals surface area contributed by atoms with Crippen molar-refractivity contribution >= 4 is 34.4 Å². The third-order valence-electron chi connectivity index (χ3n) is 7.32. The molecule has 37 heavy (non-hydrogen) atoms. The number of rotatable bonds is 6. The number of nitrogens with zero attached hydrogens (tertiary/aromatic N) is 4. The summed E-state index contributed by atoms with van der Waals surface area (Å²) >= 11 is 6.04. The highest BCUT2D eigenvalue weighted by atomic mass is 35.5. The van der Waals surface area contributed by atoms with Crippen molar-refractivity contribution in [2.24, 2.45) is 5.92 Å². The predicted molar refractivity (Wildman–Crippen MR) is 147 cm³/mol. The molecule has 1 aromatic carbocycles. The number of fused-ring (bicyclic) bond motifs is 1. The van der Waals surface area contributed by atoms with E-state index in [2.05, 4.69) is 20.6 Å². The fraction of sp³-hybridized carbons (Fsp3) is 0.357. The van der Waals surface area contributed by atoms with E-state index in [1.54, 1.807) is 23.0 Å². The smallest absolute Gasteiger partial charge is 0.333 e. The predicted octanol–water partition coefficient (Wildman–Crippen LogP) is 4.88. The lowest BCUT2D eigenvalue weighted by Gasteiger charge is -2.29. The molecule has 0 aliphatic heterocycles. The Balaban J connectivity index is 1.32. The number of amides is 1. The monoisotopic (exact) mass is 518 g/mol. The summed E-state index contributed by atoms with van der Waals surface area (Å²) in [5, 5.41) is 6.67. The topological polar surface area (TPSA) is 93.8 Å². The van der Waals surface area contributed by atoms with Crippen LogP contribution in [-0.2, 0) is 6.54 Å². The lowest BCUT2D eigenvalue weighted by atomic mass is 9.85. The van der Waals surface area contributed by atoms with Crippen molar-refractivity contribution in [3.8, 4) is 5.69 Å². The molecule has 0 spiro atoms. The number of halogens is 1. The molecule has 1 amide bonds. The quantitative estimate of drug-likeness (QED) is 0.379. The fourth-order valence-electron chi connectivity index (χ4n) is 5.33. The van der Waals surface area contributed by atoms with E-state index < -0.39 is 0 Å². The summed E-state index contributed by atoms with van der Waals surface area (Å²) in [5.74, 6) is 1.01. The van der Waals surface area contributed by atoms with Gasteiger partial charge in [-0.25, -0.2) is 9.78 Å². The van der Waals surface area contributed by atoms with Gasteiger partial charge in [0.1, 0.15) is 5.82 Å². The Morgan fingerprint density at radius 2 is 1.78 bits per heavy atom. The minimum absolute atomic E-state index is 0.0565. The fourth-order valence-corrected chi connectivity index (χ4v) is 5.48. The van der Waals surface area contributed by atoms with Crippen LogP contribution in [0.25, 0.3) is 16.7 Å². The van der Waals surface area contributed by atoms with Crippen LogP contribution in [0.15, 0.2) is 53.6 Å². The second kappa shape index (κ2) is 10.4. The molecular weight excluding hydrogens is 488 g/mol. The van der Waals surface area contributed by atoms with E-state index in [0.29, 0.717) is 28.7 Å². The number of imidazole rings is 1. The second-order valence-corrected chi connectivity index (χ2v) is 10.2. The molecule has 9 heteroatoms. The molecule has 0 atom stereocenters. The third-order valence-corrected chi connectivity index (χ3v) is 7.52. The van der Waals surface area contributed by atoms with Gasteiger partial charge in [0.2, 0.25) is 0 Å². The highest BCUT2D eigenvalue weighted by Crippen LogP contribution is 2.28. The Morgan fingerprint density at radius 3 is 2.49 bits per heavy atom. The zero-order valence-corrected chi connectivity index (χ0v) is 22.0. The summed E-state index contributed by atoms with van der Waals surface area (Å²) in [6.45, 7) is 4.43. The zero-order valence-electron chi connectivity index (χ0n) is 21.3. The first kappa shape index (κ1) is 25.0. The van der Waals surface area contributed by atoms with Gasteiger partial charge in [-0.2, -0.15) is 0 Å². The molecule has 5 rings (SSSR count). The molecular formula is C28H31ClN6O2. The number of aromatic nitrogens is 4. The molecule has 0 saturated heterocycles. The first-order valence-electron chi connectivity index (χ1n) is 12.6. The Labute approximate surface area is 220 Å². The van der Waals surface area contributed by atoms with E-state index >= 15 is 0 Å². The van der Waals surface area contributed by atoms with Gasteiger partial charge in [0.05, 0.1) is 39.2 Å². The maximum atomic E-state index is 13.7. The molecule has 0 bridgehead atoms. The summed E-state index contributed by atoms with van der Waals surface area (Å²) in [6.07, 6.45) is 6.88. The normalized spacial score (nSPS) is 17.6. The molecule has 1 saturated carbocycles. The minimum atomic E-state index is -0.136.